The first-order chi connectivity index (χ1) is 9.70. The lowest BCUT2D eigenvalue weighted by atomic mass is 10.1. The molecule has 2 rings (SSSR count). The van der Waals surface area contributed by atoms with E-state index in [4.69, 9.17) is 5.73 Å². The molecule has 0 atom stereocenters. The number of hydrogen-bond donors (Lipinski definition) is 2. The van der Waals surface area contributed by atoms with Gasteiger partial charge in [-0.15, -0.1) is 0 Å². The van der Waals surface area contributed by atoms with Crippen molar-refractivity contribution in [2.24, 2.45) is 0 Å². The van der Waals surface area contributed by atoms with E-state index in [0.29, 0.717) is 28.6 Å². The van der Waals surface area contributed by atoms with Crippen molar-refractivity contribution in [3.8, 4) is 0 Å². The summed E-state index contributed by atoms with van der Waals surface area (Å²) in [7, 11) is -4.23. The second-order valence-corrected chi connectivity index (χ2v) is 6.36. The molecule has 0 aliphatic rings. The molecule has 0 aliphatic carbocycles. The van der Waals surface area contributed by atoms with Crippen molar-refractivity contribution in [3.63, 3.8) is 0 Å². The van der Waals surface area contributed by atoms with Gasteiger partial charge in [-0.25, -0.2) is 17.2 Å². The number of halogens is 2. The topological polar surface area (TPSA) is 72.2 Å². The van der Waals surface area contributed by atoms with Gasteiger partial charge < -0.3 is 5.73 Å². The molecule has 3 N–H and O–H groups in total. The minimum absolute atomic E-state index is 0.299. The van der Waals surface area contributed by atoms with E-state index < -0.39 is 26.6 Å². The first-order valence-electron chi connectivity index (χ1n) is 6.05. The minimum Gasteiger partial charge on any atom is -0.399 e. The zero-order valence-corrected chi connectivity index (χ0v) is 12.3. The van der Waals surface area contributed by atoms with Gasteiger partial charge in [0.15, 0.2) is 0 Å². The van der Waals surface area contributed by atoms with E-state index in [1.165, 1.54) is 0 Å². The summed E-state index contributed by atoms with van der Waals surface area (Å²) in [5, 5.41) is 0. The Morgan fingerprint density at radius 1 is 1.05 bits per heavy atom. The molecule has 21 heavy (non-hydrogen) atoms. The van der Waals surface area contributed by atoms with Crippen molar-refractivity contribution >= 4 is 21.4 Å². The molecule has 0 spiro atoms. The third-order valence-corrected chi connectivity index (χ3v) is 4.34. The highest BCUT2D eigenvalue weighted by atomic mass is 32.2. The largest absolute Gasteiger partial charge is 0.399 e. The zero-order chi connectivity index (χ0) is 15.8. The number of nitrogens with two attached hydrogens (primary N) is 1. The van der Waals surface area contributed by atoms with Crippen LogP contribution >= 0.6 is 0 Å². The van der Waals surface area contributed by atoms with Crippen LogP contribution in [0.2, 0.25) is 0 Å². The highest BCUT2D eigenvalue weighted by molar-refractivity contribution is 7.92. The highest BCUT2D eigenvalue weighted by Crippen LogP contribution is 2.27. The molecule has 112 valence electrons. The van der Waals surface area contributed by atoms with E-state index in [0.717, 1.165) is 12.1 Å². The molecule has 0 aliphatic heterocycles. The maximum atomic E-state index is 13.6. The molecule has 0 heterocycles. The third kappa shape index (κ3) is 3.13. The van der Waals surface area contributed by atoms with Crippen LogP contribution in [0.5, 0.6) is 0 Å². The number of benzene rings is 2. The van der Waals surface area contributed by atoms with E-state index in [-0.39, 0.29) is 0 Å². The van der Waals surface area contributed by atoms with Crippen LogP contribution in [0.3, 0.4) is 0 Å². The number of anilines is 2. The first kappa shape index (κ1) is 15.2. The van der Waals surface area contributed by atoms with Crippen molar-refractivity contribution in [3.05, 3.63) is 53.1 Å². The first-order valence-corrected chi connectivity index (χ1v) is 7.53. The zero-order valence-electron chi connectivity index (χ0n) is 11.4. The van der Waals surface area contributed by atoms with Crippen molar-refractivity contribution in [1.82, 2.24) is 0 Å². The predicted molar refractivity (Wildman–Crippen MR) is 77.5 cm³/mol. The molecular formula is C14H14F2N2O2S. The summed E-state index contributed by atoms with van der Waals surface area (Å²) in [5.74, 6) is -1.85. The summed E-state index contributed by atoms with van der Waals surface area (Å²) >= 11 is 0. The van der Waals surface area contributed by atoms with Crippen LogP contribution in [0.25, 0.3) is 0 Å². The predicted octanol–water partition coefficient (Wildman–Crippen LogP) is 2.96. The van der Waals surface area contributed by atoms with Gasteiger partial charge in [0, 0.05) is 5.69 Å². The van der Waals surface area contributed by atoms with Gasteiger partial charge in [-0.1, -0.05) is 0 Å². The van der Waals surface area contributed by atoms with E-state index >= 15 is 0 Å². The lowest BCUT2D eigenvalue weighted by Gasteiger charge is -2.14. The highest BCUT2D eigenvalue weighted by Gasteiger charge is 2.21. The van der Waals surface area contributed by atoms with Gasteiger partial charge in [-0.05, 0) is 55.3 Å². The van der Waals surface area contributed by atoms with Gasteiger partial charge >= 0.3 is 0 Å². The summed E-state index contributed by atoms with van der Waals surface area (Å²) in [6.45, 7) is 3.34. The van der Waals surface area contributed by atoms with Gasteiger partial charge in [0.25, 0.3) is 10.0 Å². The van der Waals surface area contributed by atoms with Crippen LogP contribution < -0.4 is 10.5 Å². The number of nitrogen functional groups attached to an aromatic ring is 1. The Balaban J connectivity index is 2.50. The molecule has 0 fully saturated rings. The van der Waals surface area contributed by atoms with Gasteiger partial charge in [-0.3, -0.25) is 4.72 Å². The van der Waals surface area contributed by atoms with Gasteiger partial charge in [0.1, 0.15) is 16.5 Å². The van der Waals surface area contributed by atoms with Crippen LogP contribution in [-0.4, -0.2) is 8.42 Å². The number of sulfonamides is 1. The Kier molecular flexibility index (Phi) is 3.87. The Labute approximate surface area is 121 Å². The summed E-state index contributed by atoms with van der Waals surface area (Å²) in [6.07, 6.45) is 0. The molecule has 0 saturated carbocycles. The van der Waals surface area contributed by atoms with Crippen LogP contribution in [-0.2, 0) is 10.0 Å². The quantitative estimate of drug-likeness (QED) is 0.856. The Morgan fingerprint density at radius 3 is 2.19 bits per heavy atom. The Hall–Kier alpha value is -2.15. The van der Waals surface area contributed by atoms with Gasteiger partial charge in [0.05, 0.1) is 5.69 Å². The van der Waals surface area contributed by atoms with E-state index in [2.05, 4.69) is 4.72 Å². The maximum Gasteiger partial charge on any atom is 0.264 e. The second kappa shape index (κ2) is 5.33. The van der Waals surface area contributed by atoms with E-state index in [1.54, 1.807) is 26.0 Å². The normalized spacial score (nSPS) is 11.4. The fourth-order valence-electron chi connectivity index (χ4n) is 2.03. The van der Waals surface area contributed by atoms with Crippen LogP contribution in [0, 0.1) is 25.5 Å². The summed E-state index contributed by atoms with van der Waals surface area (Å²) in [5.41, 5.74) is 7.63. The number of hydrogen-bond acceptors (Lipinski definition) is 3. The van der Waals surface area contributed by atoms with Gasteiger partial charge in [0.2, 0.25) is 0 Å². The number of nitrogens with one attached hydrogen (secondary N) is 1. The maximum absolute atomic E-state index is 13.6. The standard InChI is InChI=1S/C14H14F2N2O2S/c1-8-5-11(17)6-9(2)14(8)18-21(19,20)13-7-10(15)3-4-12(13)16/h3-7,18H,17H2,1-2H3. The molecule has 0 unspecified atom stereocenters. The van der Waals surface area contributed by atoms with Crippen LogP contribution in [0.1, 0.15) is 11.1 Å². The summed E-state index contributed by atoms with van der Waals surface area (Å²) in [4.78, 5) is -0.738. The molecule has 0 amide bonds. The lowest BCUT2D eigenvalue weighted by Crippen LogP contribution is -2.16. The molecule has 0 radical (unpaired) electrons. The smallest absolute Gasteiger partial charge is 0.264 e. The average molecular weight is 312 g/mol. The Bertz CT molecular complexity index is 782. The second-order valence-electron chi connectivity index (χ2n) is 4.71. The average Bonchev–Trinajstić information content (AvgIpc) is 2.36. The van der Waals surface area contributed by atoms with E-state index in [9.17, 15) is 17.2 Å². The van der Waals surface area contributed by atoms with E-state index in [1.807, 2.05) is 0 Å². The van der Waals surface area contributed by atoms with Crippen molar-refractivity contribution in [2.75, 3.05) is 10.5 Å². The molecule has 0 saturated heterocycles. The third-order valence-electron chi connectivity index (χ3n) is 2.97. The Morgan fingerprint density at radius 2 is 1.62 bits per heavy atom. The van der Waals surface area contributed by atoms with Crippen molar-refractivity contribution < 1.29 is 17.2 Å². The monoisotopic (exact) mass is 312 g/mol. The molecule has 2 aromatic rings. The minimum atomic E-state index is -4.23. The van der Waals surface area contributed by atoms with Crippen molar-refractivity contribution in [2.45, 2.75) is 18.7 Å². The van der Waals surface area contributed by atoms with Crippen LogP contribution in [0.4, 0.5) is 20.2 Å². The van der Waals surface area contributed by atoms with Gasteiger partial charge in [-0.2, -0.15) is 0 Å². The van der Waals surface area contributed by atoms with Crippen molar-refractivity contribution in [1.29, 1.82) is 0 Å². The lowest BCUT2D eigenvalue weighted by molar-refractivity contribution is 0.555. The number of rotatable bonds is 3. The molecule has 0 bridgehead atoms. The molecule has 4 nitrogen and oxygen atoms in total. The summed E-state index contributed by atoms with van der Waals surface area (Å²) in [6, 6.07) is 5.44. The fourth-order valence-corrected chi connectivity index (χ4v) is 3.32. The SMILES string of the molecule is Cc1cc(N)cc(C)c1NS(=O)(=O)c1cc(F)ccc1F. The molecule has 7 heteroatoms. The number of aryl methyl sites for hydroxylation is 2. The summed E-state index contributed by atoms with van der Waals surface area (Å²) < 4.78 is 53.5. The fraction of sp³-hybridized carbons (Fsp3) is 0.143. The van der Waals surface area contributed by atoms with Crippen LogP contribution in [0.15, 0.2) is 35.2 Å². The molecule has 0 aromatic heterocycles. The molecular weight excluding hydrogens is 298 g/mol. The molecule has 2 aromatic carbocycles.